The van der Waals surface area contributed by atoms with Gasteiger partial charge in [-0.15, -0.1) is 0 Å². The molecule has 0 amide bonds. The SMILES string of the molecule is O=C([O-])c1ccccc1-n1cccc1. The van der Waals surface area contributed by atoms with E-state index in [-0.39, 0.29) is 5.56 Å². The van der Waals surface area contributed by atoms with Crippen LogP contribution in [0.3, 0.4) is 0 Å². The summed E-state index contributed by atoms with van der Waals surface area (Å²) in [7, 11) is 0. The van der Waals surface area contributed by atoms with Crippen LogP contribution in [0.5, 0.6) is 0 Å². The van der Waals surface area contributed by atoms with Crippen LogP contribution < -0.4 is 5.11 Å². The highest BCUT2D eigenvalue weighted by Crippen LogP contribution is 2.13. The average molecular weight is 186 g/mol. The Bertz CT molecular complexity index is 446. The highest BCUT2D eigenvalue weighted by Gasteiger charge is 2.02. The van der Waals surface area contributed by atoms with E-state index in [1.165, 1.54) is 6.07 Å². The van der Waals surface area contributed by atoms with Crippen LogP contribution in [0.15, 0.2) is 48.8 Å². The molecule has 14 heavy (non-hydrogen) atoms. The van der Waals surface area contributed by atoms with Crippen molar-refractivity contribution in [1.29, 1.82) is 0 Å². The van der Waals surface area contributed by atoms with E-state index in [0.717, 1.165) is 0 Å². The number of aromatic nitrogens is 1. The zero-order valence-corrected chi connectivity index (χ0v) is 7.38. The number of carboxylic acids is 1. The van der Waals surface area contributed by atoms with Crippen molar-refractivity contribution in [2.24, 2.45) is 0 Å². The average Bonchev–Trinajstić information content (AvgIpc) is 2.70. The van der Waals surface area contributed by atoms with E-state index in [1.807, 2.05) is 12.1 Å². The molecule has 0 bridgehead atoms. The molecule has 70 valence electrons. The molecule has 0 saturated heterocycles. The third-order valence-electron chi connectivity index (χ3n) is 2.01. The summed E-state index contributed by atoms with van der Waals surface area (Å²) in [6, 6.07) is 10.4. The Morgan fingerprint density at radius 1 is 1.07 bits per heavy atom. The predicted molar refractivity (Wildman–Crippen MR) is 50.1 cm³/mol. The van der Waals surface area contributed by atoms with E-state index >= 15 is 0 Å². The van der Waals surface area contributed by atoms with Gasteiger partial charge in [0.15, 0.2) is 0 Å². The molecule has 0 N–H and O–H groups in total. The number of carbonyl (C=O) groups is 1. The van der Waals surface area contributed by atoms with Crippen LogP contribution in [0.4, 0.5) is 0 Å². The van der Waals surface area contributed by atoms with Gasteiger partial charge in [0.2, 0.25) is 0 Å². The third-order valence-corrected chi connectivity index (χ3v) is 2.01. The monoisotopic (exact) mass is 186 g/mol. The molecule has 1 aromatic carbocycles. The minimum atomic E-state index is -1.16. The molecule has 0 atom stereocenters. The summed E-state index contributed by atoms with van der Waals surface area (Å²) in [5.74, 6) is -1.16. The molecule has 0 radical (unpaired) electrons. The van der Waals surface area contributed by atoms with Crippen LogP contribution in [0.25, 0.3) is 5.69 Å². The van der Waals surface area contributed by atoms with Gasteiger partial charge in [-0.05, 0) is 18.2 Å². The number of para-hydroxylation sites is 1. The summed E-state index contributed by atoms with van der Waals surface area (Å²) >= 11 is 0. The summed E-state index contributed by atoms with van der Waals surface area (Å²) in [5, 5.41) is 10.8. The molecular formula is C11H8NO2-. The maximum absolute atomic E-state index is 10.8. The van der Waals surface area contributed by atoms with Gasteiger partial charge >= 0.3 is 0 Å². The molecule has 0 fully saturated rings. The lowest BCUT2D eigenvalue weighted by Gasteiger charge is -2.10. The van der Waals surface area contributed by atoms with E-state index < -0.39 is 5.97 Å². The number of hydrogen-bond acceptors (Lipinski definition) is 2. The minimum absolute atomic E-state index is 0.198. The number of aromatic carboxylic acids is 1. The zero-order chi connectivity index (χ0) is 9.97. The van der Waals surface area contributed by atoms with Gasteiger partial charge in [-0.1, -0.05) is 18.2 Å². The lowest BCUT2D eigenvalue weighted by molar-refractivity contribution is -0.255. The molecular weight excluding hydrogens is 178 g/mol. The van der Waals surface area contributed by atoms with Gasteiger partial charge < -0.3 is 14.5 Å². The number of carboxylic acid groups (broad SMARTS) is 1. The van der Waals surface area contributed by atoms with E-state index in [2.05, 4.69) is 0 Å². The fourth-order valence-corrected chi connectivity index (χ4v) is 1.37. The highest BCUT2D eigenvalue weighted by atomic mass is 16.4. The Morgan fingerprint density at radius 3 is 2.36 bits per heavy atom. The van der Waals surface area contributed by atoms with Gasteiger partial charge in [0.1, 0.15) is 0 Å². The number of rotatable bonds is 2. The largest absolute Gasteiger partial charge is 0.545 e. The molecule has 0 aliphatic carbocycles. The van der Waals surface area contributed by atoms with E-state index in [9.17, 15) is 9.90 Å². The second-order valence-corrected chi connectivity index (χ2v) is 2.89. The Kier molecular flexibility index (Phi) is 2.07. The standard InChI is InChI=1S/C11H9NO2/c13-11(14)9-5-1-2-6-10(9)12-7-3-4-8-12/h1-8H,(H,13,14)/p-1. The first-order chi connectivity index (χ1) is 6.79. The first-order valence-electron chi connectivity index (χ1n) is 4.23. The minimum Gasteiger partial charge on any atom is -0.545 e. The Labute approximate surface area is 81.2 Å². The quantitative estimate of drug-likeness (QED) is 0.697. The second kappa shape index (κ2) is 3.38. The Balaban J connectivity index is 2.58. The molecule has 0 aliphatic heterocycles. The maximum Gasteiger partial charge on any atom is 0.0736 e. The number of benzene rings is 1. The van der Waals surface area contributed by atoms with Gasteiger partial charge in [0, 0.05) is 18.0 Å². The van der Waals surface area contributed by atoms with Crippen molar-refractivity contribution in [3.63, 3.8) is 0 Å². The summed E-state index contributed by atoms with van der Waals surface area (Å²) in [4.78, 5) is 10.8. The maximum atomic E-state index is 10.8. The van der Waals surface area contributed by atoms with Crippen molar-refractivity contribution in [1.82, 2.24) is 4.57 Å². The van der Waals surface area contributed by atoms with Gasteiger partial charge in [0.05, 0.1) is 11.7 Å². The van der Waals surface area contributed by atoms with Crippen molar-refractivity contribution in [2.75, 3.05) is 0 Å². The number of carbonyl (C=O) groups excluding carboxylic acids is 1. The summed E-state index contributed by atoms with van der Waals surface area (Å²) in [6.07, 6.45) is 3.59. The molecule has 1 aromatic heterocycles. The van der Waals surface area contributed by atoms with Crippen molar-refractivity contribution < 1.29 is 9.90 Å². The molecule has 2 rings (SSSR count). The van der Waals surface area contributed by atoms with Gasteiger partial charge in [-0.2, -0.15) is 0 Å². The van der Waals surface area contributed by atoms with Crippen molar-refractivity contribution in [3.05, 3.63) is 54.4 Å². The van der Waals surface area contributed by atoms with Crippen molar-refractivity contribution in [3.8, 4) is 5.69 Å². The predicted octanol–water partition coefficient (Wildman–Crippen LogP) is 0.841. The molecule has 2 aromatic rings. The van der Waals surface area contributed by atoms with Crippen LogP contribution in [0, 0.1) is 0 Å². The second-order valence-electron chi connectivity index (χ2n) is 2.89. The number of hydrogen-bond donors (Lipinski definition) is 0. The number of nitrogens with zero attached hydrogens (tertiary/aromatic N) is 1. The first kappa shape index (κ1) is 8.56. The third kappa shape index (κ3) is 1.40. The zero-order valence-electron chi connectivity index (χ0n) is 7.38. The van der Waals surface area contributed by atoms with Crippen LogP contribution in [0.1, 0.15) is 10.4 Å². The summed E-state index contributed by atoms with van der Waals surface area (Å²) < 4.78 is 1.74. The van der Waals surface area contributed by atoms with Gasteiger partial charge in [-0.3, -0.25) is 0 Å². The molecule has 0 aliphatic rings. The molecule has 3 heteroatoms. The highest BCUT2D eigenvalue weighted by molar-refractivity contribution is 5.90. The summed E-state index contributed by atoms with van der Waals surface area (Å²) in [6.45, 7) is 0. The van der Waals surface area contributed by atoms with Crippen molar-refractivity contribution >= 4 is 5.97 Å². The smallest absolute Gasteiger partial charge is 0.0736 e. The normalized spacial score (nSPS) is 10.0. The molecule has 0 unspecified atom stereocenters. The van der Waals surface area contributed by atoms with Crippen LogP contribution >= 0.6 is 0 Å². The van der Waals surface area contributed by atoms with Gasteiger partial charge in [0.25, 0.3) is 0 Å². The van der Waals surface area contributed by atoms with Crippen LogP contribution in [-0.4, -0.2) is 10.5 Å². The Hall–Kier alpha value is -2.03. The first-order valence-corrected chi connectivity index (χ1v) is 4.23. The Morgan fingerprint density at radius 2 is 1.71 bits per heavy atom. The molecule has 1 heterocycles. The topological polar surface area (TPSA) is 45.1 Å². The van der Waals surface area contributed by atoms with E-state index in [4.69, 9.17) is 0 Å². The van der Waals surface area contributed by atoms with E-state index in [0.29, 0.717) is 5.69 Å². The fourth-order valence-electron chi connectivity index (χ4n) is 1.37. The lowest BCUT2D eigenvalue weighted by atomic mass is 10.2. The lowest BCUT2D eigenvalue weighted by Crippen LogP contribution is -2.23. The summed E-state index contributed by atoms with van der Waals surface area (Å²) in [5.41, 5.74) is 0.821. The molecule has 3 nitrogen and oxygen atoms in total. The fraction of sp³-hybridized carbons (Fsp3) is 0. The molecule has 0 spiro atoms. The van der Waals surface area contributed by atoms with Gasteiger partial charge in [-0.25, -0.2) is 0 Å². The van der Waals surface area contributed by atoms with Crippen molar-refractivity contribution in [2.45, 2.75) is 0 Å². The van der Waals surface area contributed by atoms with Crippen LogP contribution in [0.2, 0.25) is 0 Å². The van der Waals surface area contributed by atoms with E-state index in [1.54, 1.807) is 35.2 Å². The molecule has 0 saturated carbocycles. The van der Waals surface area contributed by atoms with Crippen LogP contribution in [-0.2, 0) is 0 Å².